The molecule has 100 valence electrons. The summed E-state index contributed by atoms with van der Waals surface area (Å²) in [5.74, 6) is 1.69. The Morgan fingerprint density at radius 3 is 2.30 bits per heavy atom. The van der Waals surface area contributed by atoms with Gasteiger partial charge in [-0.15, -0.1) is 0 Å². The summed E-state index contributed by atoms with van der Waals surface area (Å²) < 4.78 is 5.70. The minimum atomic E-state index is 0.442. The molecule has 0 amide bonds. The number of nitrogens with zero attached hydrogens (tertiary/aromatic N) is 1. The van der Waals surface area contributed by atoms with Crippen LogP contribution in [0.25, 0.3) is 11.3 Å². The average molecular weight is 264 g/mol. The molecule has 1 heterocycles. The summed E-state index contributed by atoms with van der Waals surface area (Å²) in [7, 11) is 0. The second-order valence-corrected chi connectivity index (χ2v) is 4.62. The maximum atomic E-state index is 5.70. The minimum Gasteiger partial charge on any atom is -0.486 e. The first-order chi connectivity index (χ1) is 9.83. The Bertz CT molecular complexity index is 675. The first kappa shape index (κ1) is 12.5. The highest BCUT2D eigenvalue weighted by atomic mass is 16.5. The van der Waals surface area contributed by atoms with Gasteiger partial charge in [-0.3, -0.25) is 0 Å². The molecule has 0 atom stereocenters. The van der Waals surface area contributed by atoms with Crippen LogP contribution < -0.4 is 4.74 Å². The molecule has 0 saturated heterocycles. The minimum absolute atomic E-state index is 0.442. The van der Waals surface area contributed by atoms with E-state index in [4.69, 9.17) is 4.74 Å². The number of nitrogens with one attached hydrogen (secondary N) is 1. The second-order valence-electron chi connectivity index (χ2n) is 4.62. The summed E-state index contributed by atoms with van der Waals surface area (Å²) in [4.78, 5) is 7.89. The van der Waals surface area contributed by atoms with E-state index in [9.17, 15) is 0 Å². The van der Waals surface area contributed by atoms with Crippen LogP contribution in [-0.2, 0) is 6.61 Å². The molecule has 3 rings (SSSR count). The number of ether oxygens (including phenoxy) is 1. The van der Waals surface area contributed by atoms with E-state index in [1.165, 1.54) is 0 Å². The van der Waals surface area contributed by atoms with Crippen molar-refractivity contribution in [3.63, 3.8) is 0 Å². The van der Waals surface area contributed by atoms with Gasteiger partial charge in [0, 0.05) is 11.3 Å². The van der Waals surface area contributed by atoms with Crippen molar-refractivity contribution in [1.29, 1.82) is 0 Å². The zero-order valence-corrected chi connectivity index (χ0v) is 11.3. The molecule has 0 unspecified atom stereocenters. The van der Waals surface area contributed by atoms with Crippen molar-refractivity contribution in [3.05, 3.63) is 72.2 Å². The average Bonchev–Trinajstić information content (AvgIpc) is 2.88. The highest BCUT2D eigenvalue weighted by Crippen LogP contribution is 2.21. The van der Waals surface area contributed by atoms with Crippen LogP contribution in [0.2, 0.25) is 0 Å². The Morgan fingerprint density at radius 2 is 1.60 bits per heavy atom. The van der Waals surface area contributed by atoms with Gasteiger partial charge in [-0.2, -0.15) is 0 Å². The molecule has 3 aromatic rings. The van der Waals surface area contributed by atoms with Gasteiger partial charge in [0.05, 0.1) is 5.69 Å². The fourth-order valence-electron chi connectivity index (χ4n) is 2.14. The largest absolute Gasteiger partial charge is 0.486 e. The number of para-hydroxylation sites is 1. The van der Waals surface area contributed by atoms with Crippen molar-refractivity contribution >= 4 is 0 Å². The normalized spacial score (nSPS) is 10.4. The van der Waals surface area contributed by atoms with E-state index in [0.29, 0.717) is 6.61 Å². The quantitative estimate of drug-likeness (QED) is 0.774. The van der Waals surface area contributed by atoms with Crippen LogP contribution in [-0.4, -0.2) is 9.97 Å². The molecule has 0 aliphatic heterocycles. The molecule has 3 heteroatoms. The first-order valence-corrected chi connectivity index (χ1v) is 6.61. The maximum absolute atomic E-state index is 5.70. The number of hydrogen-bond donors (Lipinski definition) is 1. The van der Waals surface area contributed by atoms with Crippen molar-refractivity contribution in [2.75, 3.05) is 0 Å². The van der Waals surface area contributed by atoms with Gasteiger partial charge >= 0.3 is 0 Å². The zero-order chi connectivity index (χ0) is 13.8. The number of aryl methyl sites for hydroxylation is 1. The number of imidazole rings is 1. The molecule has 2 aromatic carbocycles. The summed E-state index contributed by atoms with van der Waals surface area (Å²) in [6, 6.07) is 19.9. The lowest BCUT2D eigenvalue weighted by atomic mass is 10.1. The molecule has 1 N–H and O–H groups in total. The van der Waals surface area contributed by atoms with Crippen LogP contribution in [0.4, 0.5) is 0 Å². The third kappa shape index (κ3) is 2.72. The fraction of sp³-hybridized carbons (Fsp3) is 0.118. The summed E-state index contributed by atoms with van der Waals surface area (Å²) in [6.45, 7) is 2.47. The Kier molecular flexibility index (Phi) is 3.50. The lowest BCUT2D eigenvalue weighted by molar-refractivity contribution is 0.297. The Labute approximate surface area is 118 Å². The molecule has 0 bridgehead atoms. The van der Waals surface area contributed by atoms with Crippen LogP contribution in [0.15, 0.2) is 60.7 Å². The van der Waals surface area contributed by atoms with Gasteiger partial charge in [-0.05, 0) is 19.1 Å². The zero-order valence-electron chi connectivity index (χ0n) is 11.3. The highest BCUT2D eigenvalue weighted by molar-refractivity contribution is 5.61. The molecule has 3 nitrogen and oxygen atoms in total. The predicted octanol–water partition coefficient (Wildman–Crippen LogP) is 3.96. The standard InChI is InChI=1S/C17H16N2O/c1-13-17(14-8-4-2-5-9-14)19-16(18-13)12-20-15-10-6-3-7-11-15/h2-11H,12H2,1H3,(H,18,19). The Hall–Kier alpha value is -2.55. The van der Waals surface area contributed by atoms with Gasteiger partial charge in [0.25, 0.3) is 0 Å². The molecule has 0 radical (unpaired) electrons. The maximum Gasteiger partial charge on any atom is 0.146 e. The number of H-pyrrole nitrogens is 1. The molecule has 1 aromatic heterocycles. The molecule has 0 fully saturated rings. The highest BCUT2D eigenvalue weighted by Gasteiger charge is 2.08. The summed E-state index contributed by atoms with van der Waals surface area (Å²) in [5.41, 5.74) is 3.16. The molecule has 0 aliphatic rings. The fourth-order valence-corrected chi connectivity index (χ4v) is 2.14. The van der Waals surface area contributed by atoms with Crippen molar-refractivity contribution in [3.8, 4) is 17.0 Å². The van der Waals surface area contributed by atoms with Gasteiger partial charge in [-0.1, -0.05) is 48.5 Å². The van der Waals surface area contributed by atoms with Crippen LogP contribution in [0.5, 0.6) is 5.75 Å². The number of rotatable bonds is 4. The topological polar surface area (TPSA) is 37.9 Å². The van der Waals surface area contributed by atoms with E-state index >= 15 is 0 Å². The number of aromatic amines is 1. The van der Waals surface area contributed by atoms with Gasteiger partial charge in [0.2, 0.25) is 0 Å². The molecular weight excluding hydrogens is 248 g/mol. The molecule has 0 saturated carbocycles. The molecule has 0 aliphatic carbocycles. The van der Waals surface area contributed by atoms with Gasteiger partial charge < -0.3 is 9.72 Å². The lowest BCUT2D eigenvalue weighted by Gasteiger charge is -2.02. The van der Waals surface area contributed by atoms with Crippen LogP contribution >= 0.6 is 0 Å². The number of aromatic nitrogens is 2. The summed E-state index contributed by atoms with van der Waals surface area (Å²) >= 11 is 0. The third-order valence-corrected chi connectivity index (χ3v) is 3.10. The van der Waals surface area contributed by atoms with E-state index in [1.54, 1.807) is 0 Å². The Morgan fingerprint density at radius 1 is 0.950 bits per heavy atom. The van der Waals surface area contributed by atoms with E-state index in [-0.39, 0.29) is 0 Å². The first-order valence-electron chi connectivity index (χ1n) is 6.61. The molecule has 0 spiro atoms. The Balaban J connectivity index is 1.76. The number of hydrogen-bond acceptors (Lipinski definition) is 2. The predicted molar refractivity (Wildman–Crippen MR) is 79.5 cm³/mol. The van der Waals surface area contributed by atoms with Crippen molar-refractivity contribution in [1.82, 2.24) is 9.97 Å². The van der Waals surface area contributed by atoms with E-state index in [2.05, 4.69) is 22.1 Å². The van der Waals surface area contributed by atoms with Crippen molar-refractivity contribution in [2.45, 2.75) is 13.5 Å². The number of benzene rings is 2. The molecule has 20 heavy (non-hydrogen) atoms. The van der Waals surface area contributed by atoms with Crippen molar-refractivity contribution in [2.24, 2.45) is 0 Å². The lowest BCUT2D eigenvalue weighted by Crippen LogP contribution is -1.97. The summed E-state index contributed by atoms with van der Waals surface area (Å²) in [5, 5.41) is 0. The van der Waals surface area contributed by atoms with Crippen LogP contribution in [0, 0.1) is 6.92 Å². The van der Waals surface area contributed by atoms with Gasteiger partial charge in [-0.25, -0.2) is 4.98 Å². The van der Waals surface area contributed by atoms with Gasteiger partial charge in [0.1, 0.15) is 18.2 Å². The van der Waals surface area contributed by atoms with E-state index in [1.807, 2.05) is 55.5 Å². The van der Waals surface area contributed by atoms with E-state index in [0.717, 1.165) is 28.5 Å². The smallest absolute Gasteiger partial charge is 0.146 e. The van der Waals surface area contributed by atoms with Crippen LogP contribution in [0.3, 0.4) is 0 Å². The van der Waals surface area contributed by atoms with E-state index < -0.39 is 0 Å². The summed E-state index contributed by atoms with van der Waals surface area (Å²) in [6.07, 6.45) is 0. The van der Waals surface area contributed by atoms with Crippen molar-refractivity contribution < 1.29 is 4.74 Å². The monoisotopic (exact) mass is 264 g/mol. The van der Waals surface area contributed by atoms with Gasteiger partial charge in [0.15, 0.2) is 0 Å². The third-order valence-electron chi connectivity index (χ3n) is 3.10. The molecular formula is C17H16N2O. The second kappa shape index (κ2) is 5.61. The SMILES string of the molecule is Cc1[nH]c(COc2ccccc2)nc1-c1ccccc1. The van der Waals surface area contributed by atoms with Crippen LogP contribution in [0.1, 0.15) is 11.5 Å².